The van der Waals surface area contributed by atoms with Crippen molar-refractivity contribution in [1.82, 2.24) is 5.32 Å². The summed E-state index contributed by atoms with van der Waals surface area (Å²) in [5, 5.41) is 8.25. The number of hydrogen-bond donors (Lipinski definition) is 3. The predicted molar refractivity (Wildman–Crippen MR) is 98.2 cm³/mol. The van der Waals surface area contributed by atoms with Crippen LogP contribution in [0, 0.1) is 0 Å². The molecule has 2 aromatic carbocycles. The normalized spacial score (nSPS) is 10.0. The molecule has 2 aromatic rings. The summed E-state index contributed by atoms with van der Waals surface area (Å²) in [4.78, 5) is 35.3. The predicted octanol–water partition coefficient (Wildman–Crippen LogP) is 3.34. The van der Waals surface area contributed by atoms with E-state index >= 15 is 0 Å². The molecule has 9 heteroatoms. The molecule has 0 unspecified atom stereocenters. The summed E-state index contributed by atoms with van der Waals surface area (Å²) in [5.74, 6) is -2.41. The fraction of sp³-hybridized carbons (Fsp3) is 0.0625. The maximum absolute atomic E-state index is 11.8. The Bertz CT molecular complexity index is 790. The van der Waals surface area contributed by atoms with Crippen molar-refractivity contribution >= 4 is 63.9 Å². The van der Waals surface area contributed by atoms with Gasteiger partial charge in [0.05, 0.1) is 6.54 Å². The summed E-state index contributed by atoms with van der Waals surface area (Å²) in [6, 6.07) is 10.8. The molecule has 0 radical (unpaired) electrons. The lowest BCUT2D eigenvalue weighted by Crippen LogP contribution is -2.39. The third-order valence-corrected chi connectivity index (χ3v) is 3.55. The van der Waals surface area contributed by atoms with Gasteiger partial charge >= 0.3 is 11.8 Å². The van der Waals surface area contributed by atoms with E-state index in [9.17, 15) is 14.4 Å². The summed E-state index contributed by atoms with van der Waals surface area (Å²) in [5.41, 5.74) is 0.782. The molecule has 130 valence electrons. The minimum atomic E-state index is -0.970. The maximum atomic E-state index is 11.8. The van der Waals surface area contributed by atoms with Crippen LogP contribution >= 0.6 is 34.8 Å². The molecule has 0 aliphatic rings. The first-order valence-corrected chi connectivity index (χ1v) is 8.07. The van der Waals surface area contributed by atoms with Crippen LogP contribution in [-0.2, 0) is 14.4 Å². The van der Waals surface area contributed by atoms with Gasteiger partial charge in [0.25, 0.3) is 0 Å². The van der Waals surface area contributed by atoms with E-state index in [1.54, 1.807) is 24.3 Å². The Morgan fingerprint density at radius 1 is 0.720 bits per heavy atom. The topological polar surface area (TPSA) is 87.3 Å². The van der Waals surface area contributed by atoms with Gasteiger partial charge < -0.3 is 16.0 Å². The average molecular weight is 401 g/mol. The summed E-state index contributed by atoms with van der Waals surface area (Å²) in [6.45, 7) is -0.370. The van der Waals surface area contributed by atoms with E-state index in [4.69, 9.17) is 34.8 Å². The molecular weight excluding hydrogens is 389 g/mol. The fourth-order valence-corrected chi connectivity index (χ4v) is 2.45. The van der Waals surface area contributed by atoms with Crippen LogP contribution in [0.4, 0.5) is 11.4 Å². The SMILES string of the molecule is O=C(CNC(=O)C(=O)Nc1cc(Cl)cc(Cl)c1)Nc1ccc(Cl)cc1. The standard InChI is InChI=1S/C16H12Cl3N3O3/c17-9-1-3-12(4-2-9)21-14(23)8-20-15(24)16(25)22-13-6-10(18)5-11(19)7-13/h1-7H,8H2,(H,20,24)(H,21,23)(H,22,25). The third kappa shape index (κ3) is 6.26. The molecule has 0 aliphatic heterocycles. The van der Waals surface area contributed by atoms with Crippen LogP contribution in [0.1, 0.15) is 0 Å². The highest BCUT2D eigenvalue weighted by molar-refractivity contribution is 6.40. The smallest absolute Gasteiger partial charge is 0.313 e. The van der Waals surface area contributed by atoms with Gasteiger partial charge in [-0.2, -0.15) is 0 Å². The number of anilines is 2. The van der Waals surface area contributed by atoms with Crippen molar-refractivity contribution in [2.75, 3.05) is 17.2 Å². The molecule has 0 saturated heterocycles. The van der Waals surface area contributed by atoms with Crippen LogP contribution in [0.3, 0.4) is 0 Å². The zero-order valence-corrected chi connectivity index (χ0v) is 14.9. The van der Waals surface area contributed by atoms with Crippen molar-refractivity contribution in [1.29, 1.82) is 0 Å². The highest BCUT2D eigenvalue weighted by Gasteiger charge is 2.15. The molecule has 25 heavy (non-hydrogen) atoms. The molecule has 6 nitrogen and oxygen atoms in total. The molecule has 0 aliphatic carbocycles. The number of hydrogen-bond acceptors (Lipinski definition) is 3. The monoisotopic (exact) mass is 399 g/mol. The molecule has 0 bridgehead atoms. The van der Waals surface area contributed by atoms with Gasteiger partial charge in [0.2, 0.25) is 5.91 Å². The molecule has 2 rings (SSSR count). The lowest BCUT2D eigenvalue weighted by Gasteiger charge is -2.08. The first kappa shape index (κ1) is 19.1. The molecule has 0 heterocycles. The summed E-state index contributed by atoms with van der Waals surface area (Å²) >= 11 is 17.4. The Morgan fingerprint density at radius 3 is 1.92 bits per heavy atom. The molecule has 0 fully saturated rings. The Kier molecular flexibility index (Phi) is 6.64. The molecule has 3 amide bonds. The highest BCUT2D eigenvalue weighted by atomic mass is 35.5. The molecule has 3 N–H and O–H groups in total. The van der Waals surface area contributed by atoms with Crippen LogP contribution in [0.25, 0.3) is 0 Å². The van der Waals surface area contributed by atoms with Gasteiger partial charge in [-0.3, -0.25) is 14.4 Å². The van der Waals surface area contributed by atoms with E-state index < -0.39 is 17.7 Å². The second-order valence-electron chi connectivity index (χ2n) is 4.85. The van der Waals surface area contributed by atoms with Crippen LogP contribution in [-0.4, -0.2) is 24.3 Å². The number of carbonyl (C=O) groups is 3. The van der Waals surface area contributed by atoms with Crippen LogP contribution in [0.15, 0.2) is 42.5 Å². The van der Waals surface area contributed by atoms with Crippen molar-refractivity contribution in [3.8, 4) is 0 Å². The Labute approximate surface area is 158 Å². The van der Waals surface area contributed by atoms with Gasteiger partial charge in [-0.05, 0) is 42.5 Å². The van der Waals surface area contributed by atoms with Crippen molar-refractivity contribution in [2.24, 2.45) is 0 Å². The van der Waals surface area contributed by atoms with Gasteiger partial charge in [0.15, 0.2) is 0 Å². The molecule has 0 spiro atoms. The van der Waals surface area contributed by atoms with Crippen molar-refractivity contribution < 1.29 is 14.4 Å². The quantitative estimate of drug-likeness (QED) is 0.688. The Morgan fingerprint density at radius 2 is 1.32 bits per heavy atom. The molecular formula is C16H12Cl3N3O3. The zero-order valence-electron chi connectivity index (χ0n) is 12.6. The van der Waals surface area contributed by atoms with E-state index in [2.05, 4.69) is 16.0 Å². The van der Waals surface area contributed by atoms with Gasteiger partial charge in [-0.1, -0.05) is 34.8 Å². The molecule has 0 aromatic heterocycles. The van der Waals surface area contributed by atoms with E-state index in [-0.39, 0.29) is 12.2 Å². The lowest BCUT2D eigenvalue weighted by atomic mass is 10.3. The second-order valence-corrected chi connectivity index (χ2v) is 6.16. The number of amides is 3. The van der Waals surface area contributed by atoms with Crippen LogP contribution in [0.2, 0.25) is 15.1 Å². The Hall–Kier alpha value is -2.28. The second kappa shape index (κ2) is 8.71. The number of halogens is 3. The summed E-state index contributed by atoms with van der Waals surface area (Å²) in [6.07, 6.45) is 0. The number of nitrogens with one attached hydrogen (secondary N) is 3. The average Bonchev–Trinajstić information content (AvgIpc) is 2.53. The maximum Gasteiger partial charge on any atom is 0.313 e. The third-order valence-electron chi connectivity index (χ3n) is 2.86. The largest absolute Gasteiger partial charge is 0.339 e. The summed E-state index contributed by atoms with van der Waals surface area (Å²) < 4.78 is 0. The van der Waals surface area contributed by atoms with E-state index in [0.717, 1.165) is 0 Å². The Balaban J connectivity index is 1.83. The minimum Gasteiger partial charge on any atom is -0.339 e. The molecule has 0 saturated carbocycles. The highest BCUT2D eigenvalue weighted by Crippen LogP contribution is 2.22. The van der Waals surface area contributed by atoms with Crippen LogP contribution < -0.4 is 16.0 Å². The number of carbonyl (C=O) groups excluding carboxylic acids is 3. The fourth-order valence-electron chi connectivity index (χ4n) is 1.79. The summed E-state index contributed by atoms with van der Waals surface area (Å²) in [7, 11) is 0. The number of rotatable bonds is 4. The van der Waals surface area contributed by atoms with E-state index in [0.29, 0.717) is 20.8 Å². The van der Waals surface area contributed by atoms with E-state index in [1.807, 2.05) is 0 Å². The van der Waals surface area contributed by atoms with Gasteiger partial charge in [0, 0.05) is 26.4 Å². The van der Waals surface area contributed by atoms with Crippen LogP contribution in [0.5, 0.6) is 0 Å². The zero-order chi connectivity index (χ0) is 18.4. The minimum absolute atomic E-state index is 0.267. The first-order valence-electron chi connectivity index (χ1n) is 6.94. The molecule has 0 atom stereocenters. The van der Waals surface area contributed by atoms with E-state index in [1.165, 1.54) is 18.2 Å². The van der Waals surface area contributed by atoms with Crippen molar-refractivity contribution in [3.05, 3.63) is 57.5 Å². The van der Waals surface area contributed by atoms with Gasteiger partial charge in [-0.15, -0.1) is 0 Å². The lowest BCUT2D eigenvalue weighted by molar-refractivity contribution is -0.136. The first-order chi connectivity index (χ1) is 11.8. The van der Waals surface area contributed by atoms with Crippen molar-refractivity contribution in [3.63, 3.8) is 0 Å². The van der Waals surface area contributed by atoms with Gasteiger partial charge in [0.1, 0.15) is 0 Å². The van der Waals surface area contributed by atoms with Crippen molar-refractivity contribution in [2.45, 2.75) is 0 Å². The van der Waals surface area contributed by atoms with Gasteiger partial charge in [-0.25, -0.2) is 0 Å². The number of benzene rings is 2.